The van der Waals surface area contributed by atoms with Crippen LogP contribution in [-0.4, -0.2) is 28.6 Å². The molecule has 1 N–H and O–H groups in total. The van der Waals surface area contributed by atoms with E-state index in [1.165, 1.54) is 6.08 Å². The van der Waals surface area contributed by atoms with Crippen LogP contribution in [-0.2, 0) is 16.1 Å². The number of imide groups is 1. The number of nitrogens with zero attached hydrogens (tertiary/aromatic N) is 1. The molecule has 3 aromatic carbocycles. The van der Waals surface area contributed by atoms with Crippen LogP contribution in [0.4, 0.5) is 10.5 Å². The number of amides is 3. The lowest BCUT2D eigenvalue weighted by molar-refractivity contribution is -0.123. The number of nitrogens with one attached hydrogen (secondary N) is 1. The molecule has 184 valence electrons. The predicted octanol–water partition coefficient (Wildman–Crippen LogP) is 7.55. The summed E-state index contributed by atoms with van der Waals surface area (Å²) in [4.78, 5) is 39.2. The van der Waals surface area contributed by atoms with Crippen LogP contribution in [0.1, 0.15) is 11.1 Å². The molecule has 0 saturated carbocycles. The molecule has 36 heavy (non-hydrogen) atoms. The number of rotatable bonds is 7. The molecule has 0 atom stereocenters. The lowest BCUT2D eigenvalue weighted by Crippen LogP contribution is -2.27. The highest BCUT2D eigenvalue weighted by Gasteiger charge is 2.35. The number of para-hydroxylation sites is 1. The molecule has 4 rings (SSSR count). The molecule has 0 aliphatic carbocycles. The molecule has 3 aromatic rings. The van der Waals surface area contributed by atoms with Gasteiger partial charge < -0.3 is 10.1 Å². The third-order valence-electron chi connectivity index (χ3n) is 4.98. The minimum atomic E-state index is -0.488. The van der Waals surface area contributed by atoms with E-state index < -0.39 is 17.1 Å². The molecule has 1 aliphatic rings. The van der Waals surface area contributed by atoms with Crippen molar-refractivity contribution in [2.75, 3.05) is 11.9 Å². The molecule has 0 aromatic heterocycles. The van der Waals surface area contributed by atoms with E-state index in [9.17, 15) is 14.4 Å². The van der Waals surface area contributed by atoms with Gasteiger partial charge in [0.05, 0.1) is 22.2 Å². The monoisotopic (exact) mass is 580 g/mol. The number of hydrogen-bond acceptors (Lipinski definition) is 5. The zero-order chi connectivity index (χ0) is 25.8. The summed E-state index contributed by atoms with van der Waals surface area (Å²) in [5, 5.41) is 3.82. The van der Waals surface area contributed by atoms with E-state index >= 15 is 0 Å². The van der Waals surface area contributed by atoms with Gasteiger partial charge in [-0.1, -0.05) is 64.6 Å². The predicted molar refractivity (Wildman–Crippen MR) is 145 cm³/mol. The van der Waals surface area contributed by atoms with E-state index in [1.54, 1.807) is 60.7 Å². The van der Waals surface area contributed by atoms with Gasteiger partial charge in [-0.2, -0.15) is 0 Å². The first kappa shape index (κ1) is 26.4. The van der Waals surface area contributed by atoms with Crippen molar-refractivity contribution in [3.8, 4) is 5.75 Å². The number of thioether (sulfide) groups is 1. The lowest BCUT2D eigenvalue weighted by Gasteiger charge is -2.14. The number of carbonyl (C=O) groups excluding carboxylic acids is 3. The molecular weight excluding hydrogens is 566 g/mol. The summed E-state index contributed by atoms with van der Waals surface area (Å²) in [5.74, 6) is -0.608. The highest BCUT2D eigenvalue weighted by Crippen LogP contribution is 2.36. The van der Waals surface area contributed by atoms with Gasteiger partial charge in [0, 0.05) is 20.6 Å². The van der Waals surface area contributed by atoms with Crippen molar-refractivity contribution < 1.29 is 19.1 Å². The molecule has 1 heterocycles. The van der Waals surface area contributed by atoms with Crippen LogP contribution in [0, 0.1) is 0 Å². The standard InChI is InChI=1S/C25H16Cl4N2O4S/c26-16-7-8-21(35-13-23(32)30-20-4-2-1-3-18(20)28)15(9-16)10-22-24(33)31(25(34)36-22)12-14-5-6-17(27)11-19(14)29/h1-11H,12-13H2,(H,30,32)/b22-10-. The van der Waals surface area contributed by atoms with Crippen LogP contribution in [0.5, 0.6) is 5.75 Å². The average Bonchev–Trinajstić information content (AvgIpc) is 3.09. The van der Waals surface area contributed by atoms with Crippen molar-refractivity contribution in [2.24, 2.45) is 0 Å². The Labute approximate surface area is 231 Å². The molecule has 0 radical (unpaired) electrons. The Morgan fingerprint density at radius 1 is 0.944 bits per heavy atom. The topological polar surface area (TPSA) is 75.7 Å². The summed E-state index contributed by atoms with van der Waals surface area (Å²) in [6.45, 7) is -0.316. The minimum absolute atomic E-state index is 0.000864. The number of carbonyl (C=O) groups is 3. The highest BCUT2D eigenvalue weighted by atomic mass is 35.5. The molecule has 1 saturated heterocycles. The smallest absolute Gasteiger partial charge is 0.293 e. The molecule has 3 amide bonds. The fraction of sp³-hybridized carbons (Fsp3) is 0.0800. The van der Waals surface area contributed by atoms with Crippen LogP contribution >= 0.6 is 58.2 Å². The van der Waals surface area contributed by atoms with E-state index in [1.807, 2.05) is 0 Å². The first-order chi connectivity index (χ1) is 17.2. The zero-order valence-electron chi connectivity index (χ0n) is 18.3. The third kappa shape index (κ3) is 6.35. The van der Waals surface area contributed by atoms with Gasteiger partial charge in [0.1, 0.15) is 5.75 Å². The second kappa shape index (κ2) is 11.6. The van der Waals surface area contributed by atoms with Gasteiger partial charge in [-0.3, -0.25) is 19.3 Å². The maximum Gasteiger partial charge on any atom is 0.293 e. The quantitative estimate of drug-likeness (QED) is 0.291. The summed E-state index contributed by atoms with van der Waals surface area (Å²) >= 11 is 25.1. The zero-order valence-corrected chi connectivity index (χ0v) is 22.1. The number of halogens is 4. The molecule has 6 nitrogen and oxygen atoms in total. The number of ether oxygens (including phenoxy) is 1. The largest absolute Gasteiger partial charge is 0.483 e. The minimum Gasteiger partial charge on any atom is -0.483 e. The van der Waals surface area contributed by atoms with Crippen molar-refractivity contribution in [3.05, 3.63) is 96.8 Å². The number of benzene rings is 3. The molecule has 0 spiro atoms. The van der Waals surface area contributed by atoms with E-state index in [4.69, 9.17) is 51.1 Å². The van der Waals surface area contributed by atoms with Crippen LogP contribution in [0.25, 0.3) is 6.08 Å². The van der Waals surface area contributed by atoms with Crippen molar-refractivity contribution in [3.63, 3.8) is 0 Å². The average molecular weight is 582 g/mol. The van der Waals surface area contributed by atoms with Crippen LogP contribution in [0.3, 0.4) is 0 Å². The van der Waals surface area contributed by atoms with E-state index in [2.05, 4.69) is 5.32 Å². The highest BCUT2D eigenvalue weighted by molar-refractivity contribution is 8.18. The SMILES string of the molecule is O=C(COc1ccc(Cl)cc1/C=C1\SC(=O)N(Cc2ccc(Cl)cc2Cl)C1=O)Nc1ccccc1Cl. The number of anilines is 1. The van der Waals surface area contributed by atoms with Crippen molar-refractivity contribution in [1.29, 1.82) is 0 Å². The number of hydrogen-bond donors (Lipinski definition) is 1. The maximum atomic E-state index is 13.0. The van der Waals surface area contributed by atoms with Gasteiger partial charge in [-0.25, -0.2) is 0 Å². The molecule has 11 heteroatoms. The summed E-state index contributed by atoms with van der Waals surface area (Å²) in [7, 11) is 0. The van der Waals surface area contributed by atoms with Gasteiger partial charge in [0.25, 0.3) is 17.1 Å². The van der Waals surface area contributed by atoms with Gasteiger partial charge in [0.15, 0.2) is 6.61 Å². The Morgan fingerprint density at radius 3 is 2.42 bits per heavy atom. The first-order valence-corrected chi connectivity index (χ1v) is 12.7. The molecule has 1 aliphatic heterocycles. The first-order valence-electron chi connectivity index (χ1n) is 10.4. The molecule has 1 fully saturated rings. The Morgan fingerprint density at radius 2 is 1.67 bits per heavy atom. The Kier molecular flexibility index (Phi) is 8.49. The van der Waals surface area contributed by atoms with E-state index in [0.717, 1.165) is 16.7 Å². The Hall–Kier alpha value is -2.68. The van der Waals surface area contributed by atoms with Gasteiger partial charge in [-0.05, 0) is 65.9 Å². The third-order valence-corrected chi connectivity index (χ3v) is 7.04. The summed E-state index contributed by atoms with van der Waals surface area (Å²) in [6, 6.07) is 16.4. The van der Waals surface area contributed by atoms with E-state index in [-0.39, 0.29) is 18.1 Å². The second-order valence-corrected chi connectivity index (χ2v) is 10.2. The van der Waals surface area contributed by atoms with Crippen molar-refractivity contribution >= 4 is 87.0 Å². The Bertz CT molecular complexity index is 1400. The summed E-state index contributed by atoms with van der Waals surface area (Å²) in [5.41, 5.74) is 1.47. The fourth-order valence-electron chi connectivity index (χ4n) is 3.25. The molecule has 0 unspecified atom stereocenters. The van der Waals surface area contributed by atoms with Gasteiger partial charge in [-0.15, -0.1) is 0 Å². The molecular formula is C25H16Cl4N2O4S. The second-order valence-electron chi connectivity index (χ2n) is 7.50. The normalized spacial score (nSPS) is 14.4. The lowest BCUT2D eigenvalue weighted by atomic mass is 10.1. The summed E-state index contributed by atoms with van der Waals surface area (Å²) < 4.78 is 5.68. The van der Waals surface area contributed by atoms with E-state index in [0.29, 0.717) is 42.7 Å². The maximum absolute atomic E-state index is 13.0. The van der Waals surface area contributed by atoms with Crippen molar-refractivity contribution in [2.45, 2.75) is 6.54 Å². The van der Waals surface area contributed by atoms with Crippen LogP contribution in [0.15, 0.2) is 65.6 Å². The van der Waals surface area contributed by atoms with Gasteiger partial charge in [0.2, 0.25) is 0 Å². The molecule has 0 bridgehead atoms. The van der Waals surface area contributed by atoms with Crippen LogP contribution in [0.2, 0.25) is 20.1 Å². The Balaban J connectivity index is 1.49. The van der Waals surface area contributed by atoms with Crippen LogP contribution < -0.4 is 10.1 Å². The van der Waals surface area contributed by atoms with Gasteiger partial charge >= 0.3 is 0 Å². The fourth-order valence-corrected chi connectivity index (χ4v) is 4.91. The van der Waals surface area contributed by atoms with Crippen molar-refractivity contribution in [1.82, 2.24) is 4.90 Å². The summed E-state index contributed by atoms with van der Waals surface area (Å²) in [6.07, 6.45) is 1.50.